The average molecular weight is 468 g/mol. The summed E-state index contributed by atoms with van der Waals surface area (Å²) in [5.41, 5.74) is 4.51. The van der Waals surface area contributed by atoms with Crippen LogP contribution in [0, 0.1) is 0 Å². The quantitative estimate of drug-likeness (QED) is 0.323. The summed E-state index contributed by atoms with van der Waals surface area (Å²) < 4.78 is 7.19. The summed E-state index contributed by atoms with van der Waals surface area (Å²) in [6, 6.07) is 12.0. The second-order valence-electron chi connectivity index (χ2n) is 8.45. The second kappa shape index (κ2) is 10.8. The van der Waals surface area contributed by atoms with Crippen molar-refractivity contribution in [2.75, 3.05) is 13.2 Å². The van der Waals surface area contributed by atoms with Crippen LogP contribution in [0.5, 0.6) is 0 Å². The Labute approximate surface area is 199 Å². The summed E-state index contributed by atoms with van der Waals surface area (Å²) in [6.07, 6.45) is 5.97. The topological polar surface area (TPSA) is 64.4 Å². The molecule has 33 heavy (non-hydrogen) atoms. The van der Waals surface area contributed by atoms with Gasteiger partial charge in [0.2, 0.25) is 5.91 Å². The Bertz CT molecular complexity index is 1140. The molecule has 0 radical (unpaired) electrons. The van der Waals surface area contributed by atoms with Crippen LogP contribution in [-0.2, 0) is 33.8 Å². The third kappa shape index (κ3) is 5.56. The van der Waals surface area contributed by atoms with Gasteiger partial charge in [0, 0.05) is 48.2 Å². The van der Waals surface area contributed by atoms with Crippen LogP contribution in [0.1, 0.15) is 55.8 Å². The van der Waals surface area contributed by atoms with E-state index in [-0.39, 0.29) is 11.9 Å². The second-order valence-corrected chi connectivity index (χ2v) is 8.88. The largest absolute Gasteiger partial charge is 0.466 e. The molecule has 0 aliphatic carbocycles. The number of esters is 1. The third-order valence-electron chi connectivity index (χ3n) is 6.17. The molecule has 0 N–H and O–H groups in total. The number of ether oxygens (including phenoxy) is 1. The standard InChI is InChI=1S/C26H30ClN3O3/c1-2-33-25(32)12-5-3-4-11-24(31)29-15-13-21-22-10-7-14-28-26(22)30(23(21)18-29)17-19-8-6-9-20(27)16-19/h6-10,14,16H,2-5,11-13,15,17-18H2,1H3. The van der Waals surface area contributed by atoms with E-state index in [2.05, 4.69) is 21.7 Å². The van der Waals surface area contributed by atoms with Crippen molar-refractivity contribution in [3.63, 3.8) is 0 Å². The van der Waals surface area contributed by atoms with Crippen LogP contribution in [0.4, 0.5) is 0 Å². The minimum atomic E-state index is -0.159. The molecular weight excluding hydrogens is 438 g/mol. The van der Waals surface area contributed by atoms with Crippen LogP contribution in [0.15, 0.2) is 42.6 Å². The van der Waals surface area contributed by atoms with E-state index in [4.69, 9.17) is 16.3 Å². The lowest BCUT2D eigenvalue weighted by atomic mass is 10.0. The number of unbranched alkanes of at least 4 members (excludes halogenated alkanes) is 2. The third-order valence-corrected chi connectivity index (χ3v) is 6.41. The zero-order valence-electron chi connectivity index (χ0n) is 19.1. The van der Waals surface area contributed by atoms with Crippen molar-refractivity contribution >= 4 is 34.5 Å². The van der Waals surface area contributed by atoms with Crippen LogP contribution in [0.25, 0.3) is 11.0 Å². The number of pyridine rings is 1. The molecule has 1 aliphatic heterocycles. The van der Waals surface area contributed by atoms with Gasteiger partial charge in [-0.3, -0.25) is 9.59 Å². The van der Waals surface area contributed by atoms with Crippen molar-refractivity contribution in [3.8, 4) is 0 Å². The summed E-state index contributed by atoms with van der Waals surface area (Å²) in [6.45, 7) is 4.20. The highest BCUT2D eigenvalue weighted by atomic mass is 35.5. The van der Waals surface area contributed by atoms with Gasteiger partial charge in [0.25, 0.3) is 0 Å². The minimum Gasteiger partial charge on any atom is -0.466 e. The number of hydrogen-bond donors (Lipinski definition) is 0. The number of carbonyl (C=O) groups excluding carboxylic acids is 2. The molecule has 3 heterocycles. The van der Waals surface area contributed by atoms with Crippen LogP contribution in [0.2, 0.25) is 5.02 Å². The van der Waals surface area contributed by atoms with Crippen molar-refractivity contribution in [1.29, 1.82) is 0 Å². The Hall–Kier alpha value is -2.86. The molecule has 0 fully saturated rings. The summed E-state index contributed by atoms with van der Waals surface area (Å²) in [5, 5.41) is 1.88. The lowest BCUT2D eigenvalue weighted by Crippen LogP contribution is -2.36. The van der Waals surface area contributed by atoms with E-state index in [9.17, 15) is 9.59 Å². The maximum Gasteiger partial charge on any atom is 0.305 e. The van der Waals surface area contributed by atoms with Gasteiger partial charge in [0.05, 0.1) is 13.2 Å². The van der Waals surface area contributed by atoms with Gasteiger partial charge in [-0.1, -0.05) is 30.2 Å². The van der Waals surface area contributed by atoms with Gasteiger partial charge < -0.3 is 14.2 Å². The van der Waals surface area contributed by atoms with Crippen molar-refractivity contribution in [3.05, 3.63) is 64.4 Å². The molecule has 0 saturated carbocycles. The number of hydrogen-bond acceptors (Lipinski definition) is 4. The lowest BCUT2D eigenvalue weighted by molar-refractivity contribution is -0.143. The van der Waals surface area contributed by atoms with E-state index < -0.39 is 0 Å². The van der Waals surface area contributed by atoms with Crippen LogP contribution in [0.3, 0.4) is 0 Å². The number of nitrogens with zero attached hydrogens (tertiary/aromatic N) is 3. The highest BCUT2D eigenvalue weighted by Gasteiger charge is 2.27. The fourth-order valence-corrected chi connectivity index (χ4v) is 4.79. The zero-order valence-corrected chi connectivity index (χ0v) is 19.8. The summed E-state index contributed by atoms with van der Waals surface area (Å²) in [4.78, 5) is 31.0. The van der Waals surface area contributed by atoms with E-state index in [1.54, 1.807) is 0 Å². The maximum atomic E-state index is 12.9. The molecule has 0 atom stereocenters. The Morgan fingerprint density at radius 3 is 2.79 bits per heavy atom. The molecule has 3 aromatic rings. The molecule has 0 unspecified atom stereocenters. The molecule has 174 valence electrons. The molecule has 4 rings (SSSR count). The molecule has 1 amide bonds. The van der Waals surface area contributed by atoms with Gasteiger partial charge in [-0.25, -0.2) is 4.98 Å². The van der Waals surface area contributed by atoms with Crippen molar-refractivity contribution in [1.82, 2.24) is 14.5 Å². The highest BCUT2D eigenvalue weighted by Crippen LogP contribution is 2.31. The predicted octanol–water partition coefficient (Wildman–Crippen LogP) is 5.14. The van der Waals surface area contributed by atoms with Gasteiger partial charge in [-0.05, 0) is 61.6 Å². The molecule has 0 spiro atoms. The maximum absolute atomic E-state index is 12.9. The number of aromatic nitrogens is 2. The first kappa shape index (κ1) is 23.3. The Morgan fingerprint density at radius 2 is 1.97 bits per heavy atom. The number of amides is 1. The Morgan fingerprint density at radius 1 is 1.12 bits per heavy atom. The van der Waals surface area contributed by atoms with Crippen LogP contribution < -0.4 is 0 Å². The average Bonchev–Trinajstić information content (AvgIpc) is 3.12. The van der Waals surface area contributed by atoms with Crippen LogP contribution >= 0.6 is 11.6 Å². The van der Waals surface area contributed by atoms with Crippen molar-refractivity contribution in [2.24, 2.45) is 0 Å². The summed E-state index contributed by atoms with van der Waals surface area (Å²) in [7, 11) is 0. The first-order valence-electron chi connectivity index (χ1n) is 11.7. The lowest BCUT2D eigenvalue weighted by Gasteiger charge is -2.28. The van der Waals surface area contributed by atoms with Crippen molar-refractivity contribution in [2.45, 2.75) is 58.5 Å². The molecular formula is C26H30ClN3O3. The van der Waals surface area contributed by atoms with E-state index >= 15 is 0 Å². The van der Waals surface area contributed by atoms with Gasteiger partial charge >= 0.3 is 5.97 Å². The molecule has 7 heteroatoms. The Kier molecular flexibility index (Phi) is 7.65. The van der Waals surface area contributed by atoms with E-state index in [0.29, 0.717) is 37.6 Å². The monoisotopic (exact) mass is 467 g/mol. The minimum absolute atomic E-state index is 0.159. The summed E-state index contributed by atoms with van der Waals surface area (Å²) in [5.74, 6) is 0.0119. The first-order chi connectivity index (χ1) is 16.1. The fourth-order valence-electron chi connectivity index (χ4n) is 4.57. The Balaban J connectivity index is 1.44. The van der Waals surface area contributed by atoms with E-state index in [1.165, 1.54) is 10.9 Å². The van der Waals surface area contributed by atoms with E-state index in [1.807, 2.05) is 42.3 Å². The van der Waals surface area contributed by atoms with Crippen LogP contribution in [-0.4, -0.2) is 39.5 Å². The number of fused-ring (bicyclic) bond motifs is 3. The van der Waals surface area contributed by atoms with E-state index in [0.717, 1.165) is 49.1 Å². The summed E-state index contributed by atoms with van der Waals surface area (Å²) >= 11 is 6.21. The van der Waals surface area contributed by atoms with Gasteiger partial charge in [-0.2, -0.15) is 0 Å². The number of halogens is 1. The molecule has 1 aliphatic rings. The molecule has 0 bridgehead atoms. The molecule has 2 aromatic heterocycles. The predicted molar refractivity (Wildman–Crippen MR) is 129 cm³/mol. The van der Waals surface area contributed by atoms with Gasteiger partial charge in [0.15, 0.2) is 0 Å². The van der Waals surface area contributed by atoms with Gasteiger partial charge in [-0.15, -0.1) is 0 Å². The molecule has 1 aromatic carbocycles. The highest BCUT2D eigenvalue weighted by molar-refractivity contribution is 6.30. The number of carbonyl (C=O) groups is 2. The first-order valence-corrected chi connectivity index (χ1v) is 12.1. The molecule has 6 nitrogen and oxygen atoms in total. The SMILES string of the molecule is CCOC(=O)CCCCCC(=O)N1CCc2c(n(Cc3cccc(Cl)c3)c3ncccc23)C1. The normalized spacial score (nSPS) is 13.2. The number of benzene rings is 1. The van der Waals surface area contributed by atoms with Crippen molar-refractivity contribution < 1.29 is 14.3 Å². The number of rotatable bonds is 9. The smallest absolute Gasteiger partial charge is 0.305 e. The van der Waals surface area contributed by atoms with Gasteiger partial charge in [0.1, 0.15) is 5.65 Å². The molecule has 0 saturated heterocycles. The fraction of sp³-hybridized carbons (Fsp3) is 0.423. The zero-order chi connectivity index (χ0) is 23.2.